The first kappa shape index (κ1) is 14.4. The van der Waals surface area contributed by atoms with Crippen LogP contribution in [-0.4, -0.2) is 15.3 Å². The summed E-state index contributed by atoms with van der Waals surface area (Å²) >= 11 is 0. The Labute approximate surface area is 118 Å². The van der Waals surface area contributed by atoms with E-state index in [1.807, 2.05) is 30.3 Å². The summed E-state index contributed by atoms with van der Waals surface area (Å²) in [6.07, 6.45) is 0. The molecule has 0 aliphatic heterocycles. The molecule has 0 radical (unpaired) electrons. The van der Waals surface area contributed by atoms with Crippen molar-refractivity contribution in [2.75, 3.05) is 0 Å². The van der Waals surface area contributed by atoms with Gasteiger partial charge in [-0.1, -0.05) is 30.3 Å². The van der Waals surface area contributed by atoms with E-state index >= 15 is 0 Å². The van der Waals surface area contributed by atoms with Crippen molar-refractivity contribution in [1.82, 2.24) is 0 Å². The van der Waals surface area contributed by atoms with Crippen LogP contribution in [0, 0.1) is 5.82 Å². The summed E-state index contributed by atoms with van der Waals surface area (Å²) in [5, 5.41) is 8.49. The van der Waals surface area contributed by atoms with E-state index < -0.39 is 27.8 Å². The number of carboxylic acid groups (broad SMARTS) is 1. The summed E-state index contributed by atoms with van der Waals surface area (Å²) in [5.41, 5.74) is 0.737. The van der Waals surface area contributed by atoms with Crippen LogP contribution in [0.4, 0.5) is 4.39 Å². The van der Waals surface area contributed by atoms with E-state index in [0.717, 1.165) is 23.8 Å². The van der Waals surface area contributed by atoms with E-state index in [4.69, 9.17) is 5.11 Å². The quantitative estimate of drug-likeness (QED) is 0.939. The fraction of sp³-hybridized carbons (Fsp3) is 0.133. The Morgan fingerprint density at radius 3 is 2.45 bits per heavy atom. The maximum atomic E-state index is 13.8. The number of hydrogen-bond donors (Lipinski definition) is 1. The molecule has 2 aromatic rings. The van der Waals surface area contributed by atoms with Crippen molar-refractivity contribution < 1.29 is 18.5 Å². The van der Waals surface area contributed by atoms with E-state index in [0.29, 0.717) is 0 Å². The molecule has 0 amide bonds. The highest BCUT2D eigenvalue weighted by Crippen LogP contribution is 2.26. The molecule has 1 N–H and O–H groups in total. The van der Waals surface area contributed by atoms with Crippen LogP contribution < -0.4 is 0 Å². The minimum absolute atomic E-state index is 0.0741. The molecule has 104 valence electrons. The molecule has 0 fully saturated rings. The highest BCUT2D eigenvalue weighted by molar-refractivity contribution is 7.85. The largest absolute Gasteiger partial charge is 0.478 e. The van der Waals surface area contributed by atoms with Gasteiger partial charge in [-0.05, 0) is 30.7 Å². The zero-order chi connectivity index (χ0) is 14.7. The molecule has 2 aromatic carbocycles. The molecule has 0 spiro atoms. The highest BCUT2D eigenvalue weighted by Gasteiger charge is 2.20. The maximum Gasteiger partial charge on any atom is 0.335 e. The second-order valence-electron chi connectivity index (χ2n) is 4.30. The first-order chi connectivity index (χ1) is 9.50. The van der Waals surface area contributed by atoms with Crippen LogP contribution in [0.25, 0.3) is 0 Å². The lowest BCUT2D eigenvalue weighted by molar-refractivity contribution is 0.0696. The molecule has 0 saturated heterocycles. The standard InChI is InChI=1S/C15H13FO3S/c1-10(11-5-3-2-4-6-11)20(19)14-9-12(15(17)18)7-8-13(14)16/h2-10H,1H3,(H,17,18). The Hall–Kier alpha value is -2.01. The monoisotopic (exact) mass is 292 g/mol. The molecule has 3 nitrogen and oxygen atoms in total. The van der Waals surface area contributed by atoms with Crippen molar-refractivity contribution in [3.8, 4) is 0 Å². The van der Waals surface area contributed by atoms with Gasteiger partial charge in [-0.15, -0.1) is 0 Å². The van der Waals surface area contributed by atoms with Gasteiger partial charge in [-0.3, -0.25) is 4.21 Å². The normalized spacial score (nSPS) is 13.7. The van der Waals surface area contributed by atoms with Crippen LogP contribution in [-0.2, 0) is 10.8 Å². The summed E-state index contributed by atoms with van der Waals surface area (Å²) in [6.45, 7) is 1.72. The second-order valence-corrected chi connectivity index (χ2v) is 6.04. The molecule has 0 aliphatic carbocycles. The smallest absolute Gasteiger partial charge is 0.335 e. The Kier molecular flexibility index (Phi) is 4.29. The lowest BCUT2D eigenvalue weighted by Gasteiger charge is -2.13. The summed E-state index contributed by atoms with van der Waals surface area (Å²) in [4.78, 5) is 10.8. The van der Waals surface area contributed by atoms with Crippen molar-refractivity contribution in [2.45, 2.75) is 17.1 Å². The molecular formula is C15H13FO3S. The van der Waals surface area contributed by atoms with Gasteiger partial charge in [0, 0.05) is 0 Å². The molecule has 20 heavy (non-hydrogen) atoms. The third-order valence-corrected chi connectivity index (χ3v) is 4.65. The number of carbonyl (C=O) groups is 1. The number of halogens is 1. The summed E-state index contributed by atoms with van der Waals surface area (Å²) in [7, 11) is -1.66. The van der Waals surface area contributed by atoms with Gasteiger partial charge in [0.1, 0.15) is 5.82 Å². The molecule has 2 atom stereocenters. The van der Waals surface area contributed by atoms with E-state index in [2.05, 4.69) is 0 Å². The van der Waals surface area contributed by atoms with Crippen LogP contribution in [0.15, 0.2) is 53.4 Å². The van der Waals surface area contributed by atoms with Crippen molar-refractivity contribution >= 4 is 16.8 Å². The first-order valence-electron chi connectivity index (χ1n) is 5.99. The van der Waals surface area contributed by atoms with Gasteiger partial charge in [-0.25, -0.2) is 9.18 Å². The summed E-state index contributed by atoms with van der Waals surface area (Å²) in [6, 6.07) is 12.4. The average Bonchev–Trinajstić information content (AvgIpc) is 2.47. The average molecular weight is 292 g/mol. The number of hydrogen-bond acceptors (Lipinski definition) is 2. The minimum Gasteiger partial charge on any atom is -0.478 e. The Balaban J connectivity index is 2.38. The van der Waals surface area contributed by atoms with Crippen LogP contribution in [0.2, 0.25) is 0 Å². The third-order valence-electron chi connectivity index (χ3n) is 2.99. The van der Waals surface area contributed by atoms with Crippen molar-refractivity contribution in [2.24, 2.45) is 0 Å². The van der Waals surface area contributed by atoms with Crippen LogP contribution in [0.3, 0.4) is 0 Å². The van der Waals surface area contributed by atoms with Gasteiger partial charge in [0.25, 0.3) is 0 Å². The molecule has 0 saturated carbocycles. The number of carboxylic acids is 1. The van der Waals surface area contributed by atoms with Crippen LogP contribution >= 0.6 is 0 Å². The number of rotatable bonds is 4. The van der Waals surface area contributed by atoms with E-state index in [1.54, 1.807) is 6.92 Å². The predicted octanol–water partition coefficient (Wildman–Crippen LogP) is 3.39. The molecule has 0 bridgehead atoms. The fourth-order valence-electron chi connectivity index (χ4n) is 1.83. The first-order valence-corrected chi connectivity index (χ1v) is 7.20. The highest BCUT2D eigenvalue weighted by atomic mass is 32.2. The second kappa shape index (κ2) is 5.96. The van der Waals surface area contributed by atoms with Crippen LogP contribution in [0.1, 0.15) is 28.1 Å². The summed E-state index contributed by atoms with van der Waals surface area (Å²) in [5.74, 6) is -1.83. The molecule has 0 aromatic heterocycles. The molecular weight excluding hydrogens is 279 g/mol. The Morgan fingerprint density at radius 2 is 1.85 bits per heavy atom. The zero-order valence-electron chi connectivity index (χ0n) is 10.7. The fourth-order valence-corrected chi connectivity index (χ4v) is 3.12. The van der Waals surface area contributed by atoms with Crippen molar-refractivity contribution in [3.05, 3.63) is 65.5 Å². The third kappa shape index (κ3) is 2.93. The minimum atomic E-state index is -1.66. The van der Waals surface area contributed by atoms with Gasteiger partial charge < -0.3 is 5.11 Å². The molecule has 2 rings (SSSR count). The lowest BCUT2D eigenvalue weighted by atomic mass is 10.2. The SMILES string of the molecule is CC(c1ccccc1)S(=O)c1cc(C(=O)O)ccc1F. The van der Waals surface area contributed by atoms with Gasteiger partial charge in [-0.2, -0.15) is 0 Å². The predicted molar refractivity (Wildman–Crippen MR) is 74.6 cm³/mol. The van der Waals surface area contributed by atoms with Crippen molar-refractivity contribution in [3.63, 3.8) is 0 Å². The molecule has 0 heterocycles. The van der Waals surface area contributed by atoms with Gasteiger partial charge >= 0.3 is 5.97 Å². The lowest BCUT2D eigenvalue weighted by Crippen LogP contribution is -2.07. The van der Waals surface area contributed by atoms with E-state index in [9.17, 15) is 13.4 Å². The number of benzene rings is 2. The zero-order valence-corrected chi connectivity index (χ0v) is 11.6. The van der Waals surface area contributed by atoms with Gasteiger partial charge in [0.15, 0.2) is 0 Å². The Morgan fingerprint density at radius 1 is 1.20 bits per heavy atom. The topological polar surface area (TPSA) is 54.4 Å². The van der Waals surface area contributed by atoms with Crippen molar-refractivity contribution in [1.29, 1.82) is 0 Å². The summed E-state index contributed by atoms with van der Waals surface area (Å²) < 4.78 is 26.2. The maximum absolute atomic E-state index is 13.8. The van der Waals surface area contributed by atoms with Gasteiger partial charge in [0.2, 0.25) is 0 Å². The van der Waals surface area contributed by atoms with E-state index in [1.165, 1.54) is 0 Å². The molecule has 0 aliphatic rings. The molecule has 2 unspecified atom stereocenters. The van der Waals surface area contributed by atoms with E-state index in [-0.39, 0.29) is 10.5 Å². The number of aromatic carboxylic acids is 1. The van der Waals surface area contributed by atoms with Crippen LogP contribution in [0.5, 0.6) is 0 Å². The van der Waals surface area contributed by atoms with Gasteiger partial charge in [0.05, 0.1) is 26.5 Å². The Bertz CT molecular complexity index is 655. The molecule has 5 heteroatoms.